The van der Waals surface area contributed by atoms with Crippen molar-refractivity contribution in [2.24, 2.45) is 0 Å². The van der Waals surface area contributed by atoms with E-state index in [1.54, 1.807) is 12.1 Å². The highest BCUT2D eigenvalue weighted by Crippen LogP contribution is 2.25. The number of amides is 1. The van der Waals surface area contributed by atoms with Crippen molar-refractivity contribution in [3.05, 3.63) is 71.5 Å². The molecule has 0 saturated carbocycles. The summed E-state index contributed by atoms with van der Waals surface area (Å²) in [5, 5.41) is 8.18. The van der Waals surface area contributed by atoms with Crippen molar-refractivity contribution in [1.82, 2.24) is 19.9 Å². The third-order valence-electron chi connectivity index (χ3n) is 4.71. The summed E-state index contributed by atoms with van der Waals surface area (Å²) in [5.74, 6) is -0.323. The van der Waals surface area contributed by atoms with Crippen LogP contribution >= 0.6 is 11.6 Å². The van der Waals surface area contributed by atoms with Crippen LogP contribution in [0.3, 0.4) is 0 Å². The Morgan fingerprint density at radius 1 is 1.07 bits per heavy atom. The molecule has 0 spiro atoms. The second kappa shape index (κ2) is 7.37. The quantitative estimate of drug-likeness (QED) is 0.652. The summed E-state index contributed by atoms with van der Waals surface area (Å²) in [6, 6.07) is 15.3. The minimum Gasteiger partial charge on any atom is -0.336 e. The van der Waals surface area contributed by atoms with Crippen LogP contribution in [0.15, 0.2) is 65.7 Å². The summed E-state index contributed by atoms with van der Waals surface area (Å²) in [6.45, 7) is 0.483. The SMILES string of the molecule is O=C(c1cnn(-c2ccccc2)n1)N1CC[C@@H](S(=O)(=O)c2ccc(Cl)cc2)C1. The smallest absolute Gasteiger partial charge is 0.276 e. The molecule has 1 fully saturated rings. The molecule has 0 bridgehead atoms. The van der Waals surface area contributed by atoms with Gasteiger partial charge in [-0.2, -0.15) is 9.90 Å². The van der Waals surface area contributed by atoms with Gasteiger partial charge in [-0.1, -0.05) is 29.8 Å². The van der Waals surface area contributed by atoms with E-state index < -0.39 is 15.1 Å². The first kappa shape index (κ1) is 18.6. The van der Waals surface area contributed by atoms with E-state index in [2.05, 4.69) is 10.2 Å². The monoisotopic (exact) mass is 416 g/mol. The lowest BCUT2D eigenvalue weighted by Gasteiger charge is -2.15. The lowest BCUT2D eigenvalue weighted by atomic mass is 10.3. The van der Waals surface area contributed by atoms with Crippen molar-refractivity contribution < 1.29 is 13.2 Å². The summed E-state index contributed by atoms with van der Waals surface area (Å²) >= 11 is 5.84. The third-order valence-corrected chi connectivity index (χ3v) is 7.15. The van der Waals surface area contributed by atoms with Gasteiger partial charge in [0.2, 0.25) is 0 Å². The van der Waals surface area contributed by atoms with Gasteiger partial charge in [0.1, 0.15) is 0 Å². The summed E-state index contributed by atoms with van der Waals surface area (Å²) in [7, 11) is -3.54. The standard InChI is InChI=1S/C19H17ClN4O3S/c20-14-6-8-16(9-7-14)28(26,27)17-10-11-23(13-17)19(25)18-12-21-24(22-18)15-4-2-1-3-5-15/h1-9,12,17H,10-11,13H2/t17-/m1/s1. The molecule has 1 aromatic heterocycles. The molecule has 3 aromatic rings. The van der Waals surface area contributed by atoms with Gasteiger partial charge in [-0.05, 0) is 42.8 Å². The molecule has 2 heterocycles. The maximum absolute atomic E-state index is 12.8. The first-order chi connectivity index (χ1) is 13.4. The molecule has 28 heavy (non-hydrogen) atoms. The molecule has 7 nitrogen and oxygen atoms in total. The van der Waals surface area contributed by atoms with Crippen LogP contribution in [0, 0.1) is 0 Å². The second-order valence-corrected chi connectivity index (χ2v) is 9.18. The number of nitrogens with zero attached hydrogens (tertiary/aromatic N) is 4. The number of para-hydroxylation sites is 1. The fourth-order valence-corrected chi connectivity index (χ4v) is 5.01. The van der Waals surface area contributed by atoms with Gasteiger partial charge in [-0.15, -0.1) is 5.10 Å². The van der Waals surface area contributed by atoms with Crippen LogP contribution < -0.4 is 0 Å². The number of benzene rings is 2. The lowest BCUT2D eigenvalue weighted by Crippen LogP contribution is -2.32. The Labute approximate surface area is 167 Å². The van der Waals surface area contributed by atoms with Crippen LogP contribution in [0.1, 0.15) is 16.9 Å². The summed E-state index contributed by atoms with van der Waals surface area (Å²) in [6.07, 6.45) is 1.78. The zero-order valence-corrected chi connectivity index (χ0v) is 16.3. The normalized spacial score (nSPS) is 17.0. The van der Waals surface area contributed by atoms with Crippen molar-refractivity contribution in [2.75, 3.05) is 13.1 Å². The van der Waals surface area contributed by atoms with E-state index in [1.165, 1.54) is 28.0 Å². The summed E-state index contributed by atoms with van der Waals surface area (Å²) in [4.78, 5) is 15.8. The number of carbonyl (C=O) groups is 1. The Balaban J connectivity index is 1.49. The highest BCUT2D eigenvalue weighted by molar-refractivity contribution is 7.92. The molecule has 2 aromatic carbocycles. The molecule has 1 aliphatic rings. The van der Waals surface area contributed by atoms with Crippen molar-refractivity contribution >= 4 is 27.3 Å². The van der Waals surface area contributed by atoms with Gasteiger partial charge < -0.3 is 4.90 Å². The molecule has 4 rings (SSSR count). The minimum absolute atomic E-state index is 0.127. The Morgan fingerprint density at radius 2 is 1.79 bits per heavy atom. The van der Waals surface area contributed by atoms with E-state index in [1.807, 2.05) is 30.3 Å². The predicted molar refractivity (Wildman–Crippen MR) is 104 cm³/mol. The van der Waals surface area contributed by atoms with E-state index in [4.69, 9.17) is 11.6 Å². The van der Waals surface area contributed by atoms with Crippen LogP contribution in [0.5, 0.6) is 0 Å². The predicted octanol–water partition coefficient (Wildman–Crippen LogP) is 2.61. The Morgan fingerprint density at radius 3 is 2.50 bits per heavy atom. The molecule has 0 unspecified atom stereocenters. The number of hydrogen-bond donors (Lipinski definition) is 0. The molecule has 1 atom stereocenters. The zero-order valence-electron chi connectivity index (χ0n) is 14.8. The van der Waals surface area contributed by atoms with Gasteiger partial charge in [-0.3, -0.25) is 4.79 Å². The first-order valence-electron chi connectivity index (χ1n) is 8.71. The second-order valence-electron chi connectivity index (χ2n) is 6.52. The Kier molecular flexibility index (Phi) is 4.91. The number of hydrogen-bond acceptors (Lipinski definition) is 5. The van der Waals surface area contributed by atoms with Crippen molar-refractivity contribution in [3.8, 4) is 5.69 Å². The molecular weight excluding hydrogens is 400 g/mol. The molecule has 1 amide bonds. The summed E-state index contributed by atoms with van der Waals surface area (Å²) < 4.78 is 25.7. The van der Waals surface area contributed by atoms with Crippen molar-refractivity contribution in [3.63, 3.8) is 0 Å². The van der Waals surface area contributed by atoms with E-state index >= 15 is 0 Å². The third kappa shape index (κ3) is 3.53. The van der Waals surface area contributed by atoms with E-state index in [-0.39, 0.29) is 23.0 Å². The van der Waals surface area contributed by atoms with Gasteiger partial charge in [-0.25, -0.2) is 8.42 Å². The van der Waals surface area contributed by atoms with E-state index in [0.717, 1.165) is 5.69 Å². The number of likely N-dealkylation sites (tertiary alicyclic amines) is 1. The largest absolute Gasteiger partial charge is 0.336 e. The highest BCUT2D eigenvalue weighted by Gasteiger charge is 2.37. The molecule has 0 radical (unpaired) electrons. The van der Waals surface area contributed by atoms with Gasteiger partial charge in [0.05, 0.1) is 22.0 Å². The Bertz CT molecular complexity index is 1100. The number of halogens is 1. The average Bonchev–Trinajstić information content (AvgIpc) is 3.39. The topological polar surface area (TPSA) is 85.2 Å². The number of aromatic nitrogens is 3. The number of sulfone groups is 1. The molecule has 144 valence electrons. The average molecular weight is 417 g/mol. The number of carbonyl (C=O) groups excluding carboxylic acids is 1. The van der Waals surface area contributed by atoms with Gasteiger partial charge in [0.15, 0.2) is 15.5 Å². The molecule has 9 heteroatoms. The van der Waals surface area contributed by atoms with Crippen LogP contribution in [0.4, 0.5) is 0 Å². The fraction of sp³-hybridized carbons (Fsp3) is 0.211. The molecule has 0 aliphatic carbocycles. The van der Waals surface area contributed by atoms with Crippen molar-refractivity contribution in [2.45, 2.75) is 16.6 Å². The molecule has 1 saturated heterocycles. The fourth-order valence-electron chi connectivity index (χ4n) is 3.19. The highest BCUT2D eigenvalue weighted by atomic mass is 35.5. The zero-order chi connectivity index (χ0) is 19.7. The van der Waals surface area contributed by atoms with Crippen LogP contribution in [0.25, 0.3) is 5.69 Å². The number of rotatable bonds is 4. The molecule has 0 N–H and O–H groups in total. The van der Waals surface area contributed by atoms with Gasteiger partial charge in [0, 0.05) is 18.1 Å². The van der Waals surface area contributed by atoms with E-state index in [9.17, 15) is 13.2 Å². The summed E-state index contributed by atoms with van der Waals surface area (Å²) in [5.41, 5.74) is 0.930. The maximum atomic E-state index is 12.8. The first-order valence-corrected chi connectivity index (χ1v) is 10.6. The molecule has 1 aliphatic heterocycles. The van der Waals surface area contributed by atoms with Crippen LogP contribution in [-0.2, 0) is 9.84 Å². The Hall–Kier alpha value is -2.71. The van der Waals surface area contributed by atoms with Gasteiger partial charge >= 0.3 is 0 Å². The maximum Gasteiger partial charge on any atom is 0.276 e. The van der Waals surface area contributed by atoms with Crippen molar-refractivity contribution in [1.29, 1.82) is 0 Å². The van der Waals surface area contributed by atoms with Gasteiger partial charge in [0.25, 0.3) is 5.91 Å². The van der Waals surface area contributed by atoms with E-state index in [0.29, 0.717) is 18.0 Å². The lowest BCUT2D eigenvalue weighted by molar-refractivity contribution is 0.0787. The molecular formula is C19H17ClN4O3S. The van der Waals surface area contributed by atoms with Crippen LogP contribution in [0.2, 0.25) is 5.02 Å². The minimum atomic E-state index is -3.54. The van der Waals surface area contributed by atoms with Crippen LogP contribution in [-0.4, -0.2) is 52.6 Å².